The van der Waals surface area contributed by atoms with Crippen molar-refractivity contribution in [3.8, 4) is 11.5 Å². The fraction of sp³-hybridized carbons (Fsp3) is 0.375. The number of benzene rings is 1. The molecule has 0 fully saturated rings. The van der Waals surface area contributed by atoms with Crippen LogP contribution in [0.5, 0.6) is 11.5 Å². The Kier molecular flexibility index (Phi) is 5.97. The third kappa shape index (κ3) is 3.93. The van der Waals surface area contributed by atoms with E-state index >= 15 is 0 Å². The first kappa shape index (κ1) is 16.7. The minimum Gasteiger partial charge on any atom is -0.490 e. The van der Waals surface area contributed by atoms with E-state index in [1.54, 1.807) is 11.3 Å². The van der Waals surface area contributed by atoms with Crippen LogP contribution in [0.15, 0.2) is 24.3 Å². The molecule has 1 aromatic carbocycles. The molecule has 0 aliphatic heterocycles. The first-order valence-electron chi connectivity index (χ1n) is 6.86. The van der Waals surface area contributed by atoms with Gasteiger partial charge in [0.2, 0.25) is 0 Å². The molecular formula is C16H18BrClO2S. The molecule has 1 atom stereocenters. The number of aryl methyl sites for hydroxylation is 1. The summed E-state index contributed by atoms with van der Waals surface area (Å²) < 4.78 is 12.1. The Labute approximate surface area is 143 Å². The molecule has 114 valence electrons. The molecule has 0 radical (unpaired) electrons. The van der Waals surface area contributed by atoms with Crippen LogP contribution in [0.4, 0.5) is 0 Å². The van der Waals surface area contributed by atoms with E-state index in [0.717, 1.165) is 27.0 Å². The van der Waals surface area contributed by atoms with Crippen LogP contribution >= 0.6 is 38.9 Å². The molecular weight excluding hydrogens is 372 g/mol. The summed E-state index contributed by atoms with van der Waals surface area (Å²) in [7, 11) is 0. The van der Waals surface area contributed by atoms with Crippen LogP contribution in [0.25, 0.3) is 0 Å². The van der Waals surface area contributed by atoms with Gasteiger partial charge < -0.3 is 9.47 Å². The van der Waals surface area contributed by atoms with Crippen LogP contribution in [-0.2, 0) is 0 Å². The summed E-state index contributed by atoms with van der Waals surface area (Å²) in [4.78, 5) is 1.28. The minimum absolute atomic E-state index is 0.101. The summed E-state index contributed by atoms with van der Waals surface area (Å²) in [6.45, 7) is 7.19. The lowest BCUT2D eigenvalue weighted by Crippen LogP contribution is -2.00. The van der Waals surface area contributed by atoms with E-state index in [4.69, 9.17) is 21.1 Å². The summed E-state index contributed by atoms with van der Waals surface area (Å²) in [6.07, 6.45) is 0. The zero-order valence-corrected chi connectivity index (χ0v) is 15.4. The molecule has 1 heterocycles. The van der Waals surface area contributed by atoms with Gasteiger partial charge in [0.15, 0.2) is 11.5 Å². The topological polar surface area (TPSA) is 18.5 Å². The van der Waals surface area contributed by atoms with Gasteiger partial charge in [-0.15, -0.1) is 11.3 Å². The molecule has 0 spiro atoms. The predicted octanol–water partition coefficient (Wildman–Crippen LogP) is 5.99. The Balaban J connectivity index is 2.32. The second-order valence-corrected chi connectivity index (χ2v) is 7.14. The Hall–Kier alpha value is -0.710. The average molecular weight is 390 g/mol. The molecule has 2 rings (SSSR count). The van der Waals surface area contributed by atoms with Crippen molar-refractivity contribution in [2.24, 2.45) is 0 Å². The molecule has 1 aromatic heterocycles. The summed E-state index contributed by atoms with van der Waals surface area (Å²) in [5.74, 6) is 1.56. The summed E-state index contributed by atoms with van der Waals surface area (Å²) in [6, 6.07) is 8.15. The van der Waals surface area contributed by atoms with Crippen molar-refractivity contribution in [3.05, 3.63) is 44.6 Å². The highest BCUT2D eigenvalue weighted by atomic mass is 79.9. The maximum absolute atomic E-state index is 6.16. The lowest BCUT2D eigenvalue weighted by molar-refractivity contribution is 0.287. The van der Waals surface area contributed by atoms with Gasteiger partial charge in [-0.2, -0.15) is 0 Å². The number of thiophene rings is 1. The fourth-order valence-corrected chi connectivity index (χ4v) is 3.92. The van der Waals surface area contributed by atoms with Crippen LogP contribution in [0.2, 0.25) is 4.34 Å². The highest BCUT2D eigenvalue weighted by molar-refractivity contribution is 9.09. The highest BCUT2D eigenvalue weighted by Crippen LogP contribution is 2.41. The second-order valence-electron chi connectivity index (χ2n) is 4.54. The molecule has 0 bridgehead atoms. The molecule has 0 N–H and O–H groups in total. The monoisotopic (exact) mass is 388 g/mol. The van der Waals surface area contributed by atoms with Crippen LogP contribution < -0.4 is 9.47 Å². The van der Waals surface area contributed by atoms with Crippen molar-refractivity contribution in [1.29, 1.82) is 0 Å². The van der Waals surface area contributed by atoms with Gasteiger partial charge >= 0.3 is 0 Å². The molecule has 5 heteroatoms. The summed E-state index contributed by atoms with van der Waals surface area (Å²) in [5, 5.41) is 0. The second kappa shape index (κ2) is 7.52. The summed E-state index contributed by atoms with van der Waals surface area (Å²) in [5.41, 5.74) is 2.23. The van der Waals surface area contributed by atoms with Crippen molar-refractivity contribution in [1.82, 2.24) is 0 Å². The molecule has 0 saturated carbocycles. The maximum Gasteiger partial charge on any atom is 0.161 e. The molecule has 0 saturated heterocycles. The van der Waals surface area contributed by atoms with Crippen LogP contribution in [-0.4, -0.2) is 13.2 Å². The van der Waals surface area contributed by atoms with Crippen molar-refractivity contribution >= 4 is 38.9 Å². The smallest absolute Gasteiger partial charge is 0.161 e. The Morgan fingerprint density at radius 3 is 2.38 bits per heavy atom. The first-order chi connectivity index (χ1) is 10.1. The Bertz CT molecular complexity index is 593. The third-order valence-corrected chi connectivity index (χ3v) is 5.93. The zero-order chi connectivity index (χ0) is 15.4. The molecule has 0 amide bonds. The Morgan fingerprint density at radius 2 is 1.81 bits per heavy atom. The number of hydrogen-bond acceptors (Lipinski definition) is 3. The van der Waals surface area contributed by atoms with Crippen molar-refractivity contribution in [2.45, 2.75) is 25.6 Å². The van der Waals surface area contributed by atoms with Crippen molar-refractivity contribution in [2.75, 3.05) is 13.2 Å². The number of hydrogen-bond donors (Lipinski definition) is 0. The van der Waals surface area contributed by atoms with Crippen LogP contribution in [0.3, 0.4) is 0 Å². The average Bonchev–Trinajstić information content (AvgIpc) is 2.80. The molecule has 1 unspecified atom stereocenters. The lowest BCUT2D eigenvalue weighted by Gasteiger charge is -2.14. The number of rotatable bonds is 6. The van der Waals surface area contributed by atoms with Crippen molar-refractivity contribution in [3.63, 3.8) is 0 Å². The van der Waals surface area contributed by atoms with Gasteiger partial charge in [0.1, 0.15) is 0 Å². The standard InChI is InChI=1S/C16H18BrClO2S/c1-4-19-12-7-6-11(9-13(12)20-5-2)15(17)14-8-10(3)16(18)21-14/h6-9,15H,4-5H2,1-3H3. The van der Waals surface area contributed by atoms with E-state index in [1.165, 1.54) is 4.88 Å². The van der Waals surface area contributed by atoms with Crippen molar-refractivity contribution < 1.29 is 9.47 Å². The number of halogens is 2. The molecule has 0 aliphatic rings. The largest absolute Gasteiger partial charge is 0.490 e. The molecule has 21 heavy (non-hydrogen) atoms. The van der Waals surface area contributed by atoms with E-state index in [0.29, 0.717) is 13.2 Å². The first-order valence-corrected chi connectivity index (χ1v) is 8.97. The van der Waals surface area contributed by atoms with Crippen LogP contribution in [0.1, 0.15) is 34.7 Å². The van der Waals surface area contributed by atoms with Gasteiger partial charge in [0, 0.05) is 4.88 Å². The predicted molar refractivity (Wildman–Crippen MR) is 93.6 cm³/mol. The normalized spacial score (nSPS) is 12.2. The van der Waals surface area contributed by atoms with Gasteiger partial charge in [-0.3, -0.25) is 0 Å². The van der Waals surface area contributed by atoms with E-state index in [2.05, 4.69) is 28.1 Å². The lowest BCUT2D eigenvalue weighted by atomic mass is 10.1. The Morgan fingerprint density at radius 1 is 1.14 bits per heavy atom. The molecule has 2 nitrogen and oxygen atoms in total. The van der Waals surface area contributed by atoms with Gasteiger partial charge in [0.25, 0.3) is 0 Å². The van der Waals surface area contributed by atoms with Gasteiger partial charge in [-0.05, 0) is 50.1 Å². The summed E-state index contributed by atoms with van der Waals surface area (Å²) >= 11 is 11.5. The van der Waals surface area contributed by atoms with Gasteiger partial charge in [0.05, 0.1) is 22.4 Å². The van der Waals surface area contributed by atoms with Gasteiger partial charge in [-0.1, -0.05) is 33.6 Å². The number of alkyl halides is 1. The van der Waals surface area contributed by atoms with E-state index in [1.807, 2.05) is 32.9 Å². The third-order valence-electron chi connectivity index (χ3n) is 2.99. The molecule has 2 aromatic rings. The SMILES string of the molecule is CCOc1ccc(C(Br)c2cc(C)c(Cl)s2)cc1OCC. The van der Waals surface area contributed by atoms with Gasteiger partial charge in [-0.25, -0.2) is 0 Å². The highest BCUT2D eigenvalue weighted by Gasteiger charge is 2.17. The maximum atomic E-state index is 6.16. The van der Waals surface area contributed by atoms with E-state index in [9.17, 15) is 0 Å². The van der Waals surface area contributed by atoms with E-state index in [-0.39, 0.29) is 4.83 Å². The fourth-order valence-electron chi connectivity index (χ4n) is 2.00. The molecule has 0 aliphatic carbocycles. The van der Waals surface area contributed by atoms with E-state index < -0.39 is 0 Å². The zero-order valence-electron chi connectivity index (χ0n) is 12.3. The van der Waals surface area contributed by atoms with Crippen LogP contribution in [0, 0.1) is 6.92 Å². The number of ether oxygens (including phenoxy) is 2. The minimum atomic E-state index is 0.101. The quantitative estimate of drug-likeness (QED) is 0.565.